The number of hydrogen-bond donors (Lipinski definition) is 3. The van der Waals surface area contributed by atoms with Gasteiger partial charge in [0.1, 0.15) is 11.8 Å². The van der Waals surface area contributed by atoms with Crippen LogP contribution in [0, 0.1) is 6.92 Å². The number of carbonyl (C=O) groups excluding carboxylic acids is 2. The highest BCUT2D eigenvalue weighted by molar-refractivity contribution is 5.99. The molecule has 4 aromatic rings. The summed E-state index contributed by atoms with van der Waals surface area (Å²) < 4.78 is 0. The van der Waals surface area contributed by atoms with Crippen LogP contribution in [0.5, 0.6) is 5.75 Å². The number of aromatic hydroxyl groups is 1. The molecule has 0 saturated carbocycles. The highest BCUT2D eigenvalue weighted by Gasteiger charge is 2.25. The molecule has 6 nitrogen and oxygen atoms in total. The van der Waals surface area contributed by atoms with Crippen molar-refractivity contribution in [2.45, 2.75) is 25.8 Å². The Labute approximate surface area is 192 Å². The number of carbonyl (C=O) groups is 2. The molecule has 1 heterocycles. The molecule has 3 N–H and O–H groups in total. The van der Waals surface area contributed by atoms with Crippen molar-refractivity contribution in [2.24, 2.45) is 0 Å². The van der Waals surface area contributed by atoms with Gasteiger partial charge >= 0.3 is 0 Å². The Kier molecular flexibility index (Phi) is 6.45. The maximum atomic E-state index is 13.4. The summed E-state index contributed by atoms with van der Waals surface area (Å²) in [6.07, 6.45) is 2.24. The molecule has 0 radical (unpaired) electrons. The number of hydrogen-bond acceptors (Lipinski definition) is 3. The molecule has 3 aromatic carbocycles. The number of aromatic amines is 1. The molecule has 33 heavy (non-hydrogen) atoms. The average Bonchev–Trinajstić information content (AvgIpc) is 3.20. The standard InChI is InChI=1S/C27H27N3O3/c1-18-8-10-21(11-9-18)30(2)27(33)25(14-19-6-4-3-5-7-19)29-26(32)15-20-17-28-24-13-12-22(31)16-23(20)24/h3-13,16-17,25,28,31H,14-15H2,1-2H3,(H,29,32)/t25-/m0/s1. The summed E-state index contributed by atoms with van der Waals surface area (Å²) in [5.41, 5.74) is 4.44. The third kappa shape index (κ3) is 5.23. The molecular weight excluding hydrogens is 414 g/mol. The number of nitrogens with zero attached hydrogens (tertiary/aromatic N) is 1. The molecule has 4 rings (SSSR count). The van der Waals surface area contributed by atoms with E-state index in [0.717, 1.165) is 33.3 Å². The molecule has 0 spiro atoms. The van der Waals surface area contributed by atoms with Gasteiger partial charge in [0.25, 0.3) is 0 Å². The Morgan fingerprint density at radius 3 is 2.48 bits per heavy atom. The quantitative estimate of drug-likeness (QED) is 0.403. The summed E-state index contributed by atoms with van der Waals surface area (Å²) in [4.78, 5) is 31.1. The molecule has 0 bridgehead atoms. The van der Waals surface area contributed by atoms with E-state index >= 15 is 0 Å². The first-order valence-electron chi connectivity index (χ1n) is 10.9. The Morgan fingerprint density at radius 1 is 1.03 bits per heavy atom. The minimum Gasteiger partial charge on any atom is -0.508 e. The Hall–Kier alpha value is -4.06. The summed E-state index contributed by atoms with van der Waals surface area (Å²) in [5.74, 6) is -0.306. The van der Waals surface area contributed by atoms with Crippen LogP contribution in [0.25, 0.3) is 10.9 Å². The van der Waals surface area contributed by atoms with Crippen molar-refractivity contribution in [1.82, 2.24) is 10.3 Å². The number of H-pyrrole nitrogens is 1. The van der Waals surface area contributed by atoms with E-state index in [-0.39, 0.29) is 24.0 Å². The summed E-state index contributed by atoms with van der Waals surface area (Å²) >= 11 is 0. The highest BCUT2D eigenvalue weighted by atomic mass is 16.3. The monoisotopic (exact) mass is 441 g/mol. The Balaban J connectivity index is 1.54. The van der Waals surface area contributed by atoms with E-state index < -0.39 is 6.04 Å². The first kappa shape index (κ1) is 22.1. The van der Waals surface area contributed by atoms with Gasteiger partial charge in [-0.15, -0.1) is 0 Å². The van der Waals surface area contributed by atoms with Crippen LogP contribution < -0.4 is 10.2 Å². The molecule has 1 atom stereocenters. The first-order chi connectivity index (χ1) is 15.9. The van der Waals surface area contributed by atoms with Crippen LogP contribution in [0.1, 0.15) is 16.7 Å². The van der Waals surface area contributed by atoms with Crippen molar-refractivity contribution >= 4 is 28.4 Å². The minimum absolute atomic E-state index is 0.0935. The average molecular weight is 442 g/mol. The van der Waals surface area contributed by atoms with E-state index in [9.17, 15) is 14.7 Å². The van der Waals surface area contributed by atoms with Crippen LogP contribution in [0.2, 0.25) is 0 Å². The van der Waals surface area contributed by atoms with Crippen molar-refractivity contribution in [2.75, 3.05) is 11.9 Å². The molecule has 0 aliphatic rings. The van der Waals surface area contributed by atoms with Gasteiger partial charge in [0.05, 0.1) is 6.42 Å². The summed E-state index contributed by atoms with van der Waals surface area (Å²) in [6, 6.07) is 21.6. The lowest BCUT2D eigenvalue weighted by atomic mass is 10.0. The SMILES string of the molecule is Cc1ccc(N(C)C(=O)[C@H](Cc2ccccc2)NC(=O)Cc2c[nH]c3ccc(O)cc23)cc1. The zero-order chi connectivity index (χ0) is 23.4. The lowest BCUT2D eigenvalue weighted by Gasteiger charge is -2.25. The van der Waals surface area contributed by atoms with Crippen LogP contribution in [0.3, 0.4) is 0 Å². The van der Waals surface area contributed by atoms with Gasteiger partial charge in [0, 0.05) is 36.3 Å². The number of anilines is 1. The lowest BCUT2D eigenvalue weighted by molar-refractivity contribution is -0.127. The number of aromatic nitrogens is 1. The van der Waals surface area contributed by atoms with Crippen molar-refractivity contribution in [3.05, 3.63) is 95.7 Å². The first-order valence-corrected chi connectivity index (χ1v) is 10.9. The Bertz CT molecular complexity index is 1260. The Morgan fingerprint density at radius 2 is 1.76 bits per heavy atom. The zero-order valence-corrected chi connectivity index (χ0v) is 18.7. The van der Waals surface area contributed by atoms with Crippen molar-refractivity contribution in [1.29, 1.82) is 0 Å². The number of amides is 2. The molecule has 0 aliphatic carbocycles. The predicted octanol–water partition coefficient (Wildman–Crippen LogP) is 4.11. The number of benzene rings is 3. The molecule has 0 fully saturated rings. The predicted molar refractivity (Wildman–Crippen MR) is 130 cm³/mol. The second-order valence-electron chi connectivity index (χ2n) is 8.26. The molecule has 6 heteroatoms. The van der Waals surface area contributed by atoms with Gasteiger partial charge in [-0.05, 0) is 48.4 Å². The van der Waals surface area contributed by atoms with Gasteiger partial charge in [-0.25, -0.2) is 0 Å². The minimum atomic E-state index is -0.718. The molecule has 0 aliphatic heterocycles. The van der Waals surface area contributed by atoms with Crippen LogP contribution in [0.15, 0.2) is 79.0 Å². The largest absolute Gasteiger partial charge is 0.508 e. The van der Waals surface area contributed by atoms with E-state index in [1.807, 2.05) is 61.5 Å². The van der Waals surface area contributed by atoms with Crippen LogP contribution in [-0.4, -0.2) is 35.0 Å². The fourth-order valence-electron chi connectivity index (χ4n) is 3.91. The van der Waals surface area contributed by atoms with Gasteiger partial charge in [-0.3, -0.25) is 9.59 Å². The fraction of sp³-hybridized carbons (Fsp3) is 0.185. The van der Waals surface area contributed by atoms with E-state index in [4.69, 9.17) is 0 Å². The van der Waals surface area contributed by atoms with Gasteiger partial charge in [0.15, 0.2) is 0 Å². The van der Waals surface area contributed by atoms with Gasteiger partial charge in [-0.2, -0.15) is 0 Å². The topological polar surface area (TPSA) is 85.4 Å². The smallest absolute Gasteiger partial charge is 0.249 e. The van der Waals surface area contributed by atoms with Gasteiger partial charge < -0.3 is 20.3 Å². The second kappa shape index (κ2) is 9.61. The summed E-state index contributed by atoms with van der Waals surface area (Å²) in [7, 11) is 1.72. The number of phenolic OH excluding ortho intramolecular Hbond substituents is 1. The van der Waals surface area contributed by atoms with E-state index in [1.54, 1.807) is 36.3 Å². The number of rotatable bonds is 7. The fourth-order valence-corrected chi connectivity index (χ4v) is 3.91. The molecular formula is C27H27N3O3. The number of likely N-dealkylation sites (N-methyl/N-ethyl adjacent to an activating group) is 1. The third-order valence-electron chi connectivity index (χ3n) is 5.77. The number of fused-ring (bicyclic) bond motifs is 1. The molecule has 168 valence electrons. The maximum Gasteiger partial charge on any atom is 0.249 e. The lowest BCUT2D eigenvalue weighted by Crippen LogP contribution is -2.49. The number of phenols is 1. The van der Waals surface area contributed by atoms with Crippen molar-refractivity contribution in [3.8, 4) is 5.75 Å². The van der Waals surface area contributed by atoms with E-state index in [1.165, 1.54) is 0 Å². The molecule has 2 amide bonds. The highest BCUT2D eigenvalue weighted by Crippen LogP contribution is 2.23. The van der Waals surface area contributed by atoms with Crippen molar-refractivity contribution in [3.63, 3.8) is 0 Å². The van der Waals surface area contributed by atoms with Gasteiger partial charge in [0.2, 0.25) is 11.8 Å². The normalized spacial score (nSPS) is 11.8. The number of aryl methyl sites for hydroxylation is 1. The van der Waals surface area contributed by atoms with E-state index in [2.05, 4.69) is 10.3 Å². The van der Waals surface area contributed by atoms with Crippen LogP contribution in [-0.2, 0) is 22.4 Å². The molecule has 0 unspecified atom stereocenters. The summed E-state index contributed by atoms with van der Waals surface area (Å²) in [5, 5.41) is 13.5. The van der Waals surface area contributed by atoms with E-state index in [0.29, 0.717) is 6.42 Å². The van der Waals surface area contributed by atoms with Crippen LogP contribution >= 0.6 is 0 Å². The number of nitrogens with one attached hydrogen (secondary N) is 2. The third-order valence-corrected chi connectivity index (χ3v) is 5.77. The van der Waals surface area contributed by atoms with Gasteiger partial charge in [-0.1, -0.05) is 48.0 Å². The zero-order valence-electron chi connectivity index (χ0n) is 18.7. The summed E-state index contributed by atoms with van der Waals surface area (Å²) in [6.45, 7) is 1.99. The van der Waals surface area contributed by atoms with Crippen LogP contribution in [0.4, 0.5) is 5.69 Å². The molecule has 1 aromatic heterocycles. The molecule has 0 saturated heterocycles. The second-order valence-corrected chi connectivity index (χ2v) is 8.26. The van der Waals surface area contributed by atoms with Crippen molar-refractivity contribution < 1.29 is 14.7 Å². The maximum absolute atomic E-state index is 13.4.